The smallest absolute Gasteiger partial charge is 0.405 e. The Morgan fingerprint density at radius 3 is 2.33 bits per heavy atom. The summed E-state index contributed by atoms with van der Waals surface area (Å²) in [4.78, 5) is -0.634. The van der Waals surface area contributed by atoms with E-state index in [-0.39, 0.29) is 11.1 Å². The number of benzene rings is 1. The predicted molar refractivity (Wildman–Crippen MR) is 55.6 cm³/mol. The lowest BCUT2D eigenvalue weighted by molar-refractivity contribution is -0.274. The van der Waals surface area contributed by atoms with Crippen LogP contribution in [0.2, 0.25) is 0 Å². The summed E-state index contributed by atoms with van der Waals surface area (Å²) in [5, 5.41) is 8.71. The van der Waals surface area contributed by atoms with E-state index < -0.39 is 26.1 Å². The second-order valence-corrected chi connectivity index (χ2v) is 5.76. The van der Waals surface area contributed by atoms with Gasteiger partial charge in [-0.25, -0.2) is 8.42 Å². The molecule has 0 radical (unpaired) electrons. The summed E-state index contributed by atoms with van der Waals surface area (Å²) in [5.41, 5.74) is -0.394. The molecule has 0 aliphatic heterocycles. The Balaban J connectivity index is 3.48. The van der Waals surface area contributed by atoms with Crippen molar-refractivity contribution in [2.24, 2.45) is 0 Å². The van der Waals surface area contributed by atoms with Crippen molar-refractivity contribution < 1.29 is 26.3 Å². The fraction of sp³-hybridized carbons (Fsp3) is 0.222. The van der Waals surface area contributed by atoms with Crippen molar-refractivity contribution >= 4 is 19.7 Å². The highest BCUT2D eigenvalue weighted by Crippen LogP contribution is 2.31. The van der Waals surface area contributed by atoms with Crippen LogP contribution in [-0.4, -0.2) is 14.8 Å². The Morgan fingerprint density at radius 2 is 1.94 bits per heavy atom. The molecule has 98 valence electrons. The average Bonchev–Trinajstić information content (AvgIpc) is 2.17. The minimum absolute atomic E-state index is 0.126. The molecule has 0 spiro atoms. The zero-order chi connectivity index (χ0) is 14.1. The van der Waals surface area contributed by atoms with Gasteiger partial charge in [-0.2, -0.15) is 5.26 Å². The third-order valence-electron chi connectivity index (χ3n) is 1.96. The molecule has 1 rings (SSSR count). The number of ether oxygens (including phenoxy) is 1. The molecule has 0 bridgehead atoms. The van der Waals surface area contributed by atoms with Crippen molar-refractivity contribution in [2.75, 3.05) is 0 Å². The van der Waals surface area contributed by atoms with Crippen LogP contribution in [0.4, 0.5) is 13.2 Å². The van der Waals surface area contributed by atoms with Gasteiger partial charge in [0.2, 0.25) is 0 Å². The maximum Gasteiger partial charge on any atom is 0.573 e. The summed E-state index contributed by atoms with van der Waals surface area (Å²) < 4.78 is 62.0. The van der Waals surface area contributed by atoms with E-state index in [9.17, 15) is 21.6 Å². The fourth-order valence-electron chi connectivity index (χ4n) is 1.15. The summed E-state index contributed by atoms with van der Waals surface area (Å²) in [6, 6.07) is 3.06. The molecule has 0 fully saturated rings. The first kappa shape index (κ1) is 14.6. The van der Waals surface area contributed by atoms with Crippen molar-refractivity contribution in [1.29, 1.82) is 5.26 Å². The number of nitriles is 1. The first-order valence-electron chi connectivity index (χ1n) is 4.30. The van der Waals surface area contributed by atoms with E-state index in [1.54, 1.807) is 6.07 Å². The second kappa shape index (κ2) is 4.66. The van der Waals surface area contributed by atoms with E-state index in [4.69, 9.17) is 15.9 Å². The molecule has 0 saturated carbocycles. The average molecular weight is 300 g/mol. The van der Waals surface area contributed by atoms with E-state index in [2.05, 4.69) is 4.74 Å². The fourth-order valence-corrected chi connectivity index (χ4v) is 1.92. The molecule has 9 heteroatoms. The Hall–Kier alpha value is -1.46. The molecule has 1 aromatic rings. The summed E-state index contributed by atoms with van der Waals surface area (Å²) in [6.07, 6.45) is -4.99. The minimum atomic E-state index is -4.99. The SMILES string of the molecule is Cc1c(C#N)cc(S(=O)(=O)Cl)cc1OC(F)(F)F. The highest BCUT2D eigenvalue weighted by Gasteiger charge is 2.32. The maximum absolute atomic E-state index is 12.1. The number of hydrogen-bond acceptors (Lipinski definition) is 4. The first-order chi connectivity index (χ1) is 8.04. The molecule has 0 saturated heterocycles. The predicted octanol–water partition coefficient (Wildman–Crippen LogP) is 2.69. The zero-order valence-corrected chi connectivity index (χ0v) is 10.3. The lowest BCUT2D eigenvalue weighted by atomic mass is 10.1. The van der Waals surface area contributed by atoms with E-state index in [0.717, 1.165) is 6.07 Å². The highest BCUT2D eigenvalue weighted by atomic mass is 35.7. The Bertz CT molecular complexity index is 619. The van der Waals surface area contributed by atoms with Crippen LogP contribution in [0, 0.1) is 18.3 Å². The molecular formula is C9H5ClF3NO3S. The van der Waals surface area contributed by atoms with Crippen LogP contribution in [0.5, 0.6) is 5.75 Å². The molecule has 18 heavy (non-hydrogen) atoms. The zero-order valence-electron chi connectivity index (χ0n) is 8.75. The molecule has 0 unspecified atom stereocenters. The maximum atomic E-state index is 12.1. The molecule has 0 heterocycles. The highest BCUT2D eigenvalue weighted by molar-refractivity contribution is 8.13. The molecular weight excluding hydrogens is 295 g/mol. The van der Waals surface area contributed by atoms with Gasteiger partial charge in [-0.1, -0.05) is 0 Å². The van der Waals surface area contributed by atoms with Gasteiger partial charge in [-0.05, 0) is 13.0 Å². The summed E-state index contributed by atoms with van der Waals surface area (Å²) >= 11 is 0. The number of halogens is 4. The van der Waals surface area contributed by atoms with Gasteiger partial charge in [0.1, 0.15) is 5.75 Å². The van der Waals surface area contributed by atoms with Gasteiger partial charge in [0.05, 0.1) is 16.5 Å². The van der Waals surface area contributed by atoms with E-state index in [0.29, 0.717) is 6.07 Å². The summed E-state index contributed by atoms with van der Waals surface area (Å²) in [6.45, 7) is 1.20. The van der Waals surface area contributed by atoms with E-state index in [1.807, 2.05) is 0 Å². The first-order valence-corrected chi connectivity index (χ1v) is 6.60. The quantitative estimate of drug-likeness (QED) is 0.787. The van der Waals surface area contributed by atoms with Gasteiger partial charge in [-0.15, -0.1) is 13.2 Å². The number of alkyl halides is 3. The molecule has 0 amide bonds. The third kappa shape index (κ3) is 3.51. The molecule has 0 aliphatic rings. The normalized spacial score (nSPS) is 12.0. The van der Waals surface area contributed by atoms with Gasteiger partial charge in [0, 0.05) is 22.3 Å². The largest absolute Gasteiger partial charge is 0.573 e. The van der Waals surface area contributed by atoms with Crippen LogP contribution in [-0.2, 0) is 9.05 Å². The van der Waals surface area contributed by atoms with Crippen LogP contribution in [0.1, 0.15) is 11.1 Å². The molecule has 0 atom stereocenters. The molecule has 4 nitrogen and oxygen atoms in total. The number of hydrogen-bond donors (Lipinski definition) is 0. The van der Waals surface area contributed by atoms with Crippen molar-refractivity contribution in [3.63, 3.8) is 0 Å². The van der Waals surface area contributed by atoms with Crippen LogP contribution in [0.15, 0.2) is 17.0 Å². The van der Waals surface area contributed by atoms with Gasteiger partial charge >= 0.3 is 6.36 Å². The van der Waals surface area contributed by atoms with Crippen molar-refractivity contribution in [1.82, 2.24) is 0 Å². The third-order valence-corrected chi connectivity index (χ3v) is 3.29. The molecule has 0 aromatic heterocycles. The summed E-state index contributed by atoms with van der Waals surface area (Å²) in [7, 11) is 0.753. The van der Waals surface area contributed by atoms with Gasteiger partial charge in [0.25, 0.3) is 9.05 Å². The Labute approximate surface area is 105 Å². The standard InChI is InChI=1S/C9H5ClF3NO3S/c1-5-6(4-14)2-7(18(10,15)16)3-8(5)17-9(11,12)13/h2-3H,1H3. The van der Waals surface area contributed by atoms with Gasteiger partial charge in [0.15, 0.2) is 0 Å². The Kier molecular flexibility index (Phi) is 3.78. The lowest BCUT2D eigenvalue weighted by Crippen LogP contribution is -2.18. The van der Waals surface area contributed by atoms with Gasteiger partial charge in [-0.3, -0.25) is 0 Å². The van der Waals surface area contributed by atoms with Crippen molar-refractivity contribution in [3.05, 3.63) is 23.3 Å². The second-order valence-electron chi connectivity index (χ2n) is 3.19. The molecule has 0 aliphatic carbocycles. The minimum Gasteiger partial charge on any atom is -0.405 e. The molecule has 1 aromatic carbocycles. The Morgan fingerprint density at radius 1 is 1.39 bits per heavy atom. The van der Waals surface area contributed by atoms with Crippen LogP contribution < -0.4 is 4.74 Å². The lowest BCUT2D eigenvalue weighted by Gasteiger charge is -2.13. The van der Waals surface area contributed by atoms with E-state index >= 15 is 0 Å². The van der Waals surface area contributed by atoms with Gasteiger partial charge < -0.3 is 4.74 Å². The number of rotatable bonds is 2. The van der Waals surface area contributed by atoms with Crippen LogP contribution in [0.3, 0.4) is 0 Å². The van der Waals surface area contributed by atoms with Crippen molar-refractivity contribution in [2.45, 2.75) is 18.2 Å². The van der Waals surface area contributed by atoms with E-state index in [1.165, 1.54) is 6.92 Å². The summed E-state index contributed by atoms with van der Waals surface area (Å²) in [5.74, 6) is -0.777. The molecule has 0 N–H and O–H groups in total. The van der Waals surface area contributed by atoms with Crippen LogP contribution in [0.25, 0.3) is 0 Å². The number of nitrogens with zero attached hydrogens (tertiary/aromatic N) is 1. The van der Waals surface area contributed by atoms with Crippen LogP contribution >= 0.6 is 10.7 Å². The monoisotopic (exact) mass is 299 g/mol. The topological polar surface area (TPSA) is 67.2 Å². The van der Waals surface area contributed by atoms with Crippen molar-refractivity contribution in [3.8, 4) is 11.8 Å².